The van der Waals surface area contributed by atoms with E-state index in [4.69, 9.17) is 14.7 Å². The molecule has 50 heavy (non-hydrogen) atoms. The van der Waals surface area contributed by atoms with E-state index in [-0.39, 0.29) is 24.4 Å². The third-order valence-corrected chi connectivity index (χ3v) is 11.2. The Hall–Kier alpha value is -4.72. The zero-order valence-electron chi connectivity index (χ0n) is 29.2. The van der Waals surface area contributed by atoms with Gasteiger partial charge in [-0.1, -0.05) is 60.7 Å². The van der Waals surface area contributed by atoms with Crippen LogP contribution in [0.4, 0.5) is 11.5 Å². The van der Waals surface area contributed by atoms with Crippen molar-refractivity contribution in [2.75, 3.05) is 62.7 Å². The molecule has 0 saturated carbocycles. The van der Waals surface area contributed by atoms with Crippen molar-refractivity contribution in [1.82, 2.24) is 24.7 Å². The molecule has 10 nitrogen and oxygen atoms in total. The van der Waals surface area contributed by atoms with Gasteiger partial charge in [0.25, 0.3) is 0 Å². The van der Waals surface area contributed by atoms with Crippen LogP contribution in [0.1, 0.15) is 41.6 Å². The number of benzene rings is 3. The van der Waals surface area contributed by atoms with Crippen LogP contribution in [-0.2, 0) is 24.3 Å². The van der Waals surface area contributed by atoms with Gasteiger partial charge in [-0.25, -0.2) is 0 Å². The topological polar surface area (TPSA) is 91.8 Å². The summed E-state index contributed by atoms with van der Waals surface area (Å²) in [4.78, 5) is 35.2. The minimum absolute atomic E-state index is 0.118. The van der Waals surface area contributed by atoms with Gasteiger partial charge in [-0.2, -0.15) is 15.2 Å². The molecule has 3 fully saturated rings. The van der Waals surface area contributed by atoms with Gasteiger partial charge in [0.1, 0.15) is 18.5 Å². The molecule has 4 aromatic rings. The lowest BCUT2D eigenvalue weighted by molar-refractivity contribution is -0.134. The van der Waals surface area contributed by atoms with Gasteiger partial charge in [-0.3, -0.25) is 9.69 Å². The fraction of sp³-hybridized carbons (Fsp3) is 0.450. The molecule has 258 valence electrons. The molecular formula is C40H46N8O2. The van der Waals surface area contributed by atoms with Crippen molar-refractivity contribution in [2.24, 2.45) is 0 Å². The van der Waals surface area contributed by atoms with Gasteiger partial charge in [0.05, 0.1) is 30.8 Å². The molecule has 3 saturated heterocycles. The zero-order valence-corrected chi connectivity index (χ0v) is 29.2. The molecule has 8 rings (SSSR count). The summed E-state index contributed by atoms with van der Waals surface area (Å²) in [5.41, 5.74) is 5.84. The van der Waals surface area contributed by atoms with Gasteiger partial charge in [0.15, 0.2) is 0 Å². The quantitative estimate of drug-likeness (QED) is 0.233. The monoisotopic (exact) mass is 670 g/mol. The third kappa shape index (κ3) is 6.48. The Morgan fingerprint density at radius 1 is 0.940 bits per heavy atom. The smallest absolute Gasteiger partial charge is 0.318 e. The Morgan fingerprint density at radius 2 is 1.78 bits per heavy atom. The number of hydrogen-bond donors (Lipinski definition) is 0. The fourth-order valence-electron chi connectivity index (χ4n) is 8.26. The Morgan fingerprint density at radius 3 is 2.58 bits per heavy atom. The number of hydrogen-bond acceptors (Lipinski definition) is 9. The van der Waals surface area contributed by atoms with Crippen molar-refractivity contribution in [3.8, 4) is 12.1 Å². The second kappa shape index (κ2) is 13.9. The highest BCUT2D eigenvalue weighted by Gasteiger charge is 2.45. The molecule has 4 atom stereocenters. The average molecular weight is 671 g/mol. The van der Waals surface area contributed by atoms with Crippen molar-refractivity contribution >= 4 is 28.2 Å². The molecule has 0 bridgehead atoms. The maximum absolute atomic E-state index is 13.8. The molecule has 0 aliphatic carbocycles. The first-order valence-corrected chi connectivity index (χ1v) is 18.1. The molecule has 1 aromatic heterocycles. The van der Waals surface area contributed by atoms with E-state index in [2.05, 4.69) is 88.2 Å². The predicted octanol–water partition coefficient (Wildman–Crippen LogP) is 4.79. The number of ether oxygens (including phenoxy) is 1. The number of carbonyl (C=O) groups excluding carboxylic acids is 1. The van der Waals surface area contributed by atoms with E-state index >= 15 is 0 Å². The van der Waals surface area contributed by atoms with Gasteiger partial charge in [0, 0.05) is 61.9 Å². The molecule has 3 aromatic carbocycles. The Bertz CT molecular complexity index is 1910. The summed E-state index contributed by atoms with van der Waals surface area (Å²) in [7, 11) is 2.16. The van der Waals surface area contributed by atoms with E-state index in [1.807, 2.05) is 23.1 Å². The lowest BCUT2D eigenvalue weighted by atomic mass is 9.99. The summed E-state index contributed by atoms with van der Waals surface area (Å²) >= 11 is 0. The maximum Gasteiger partial charge on any atom is 0.318 e. The highest BCUT2D eigenvalue weighted by atomic mass is 16.5. The zero-order chi connectivity index (χ0) is 34.2. The van der Waals surface area contributed by atoms with Gasteiger partial charge in [-0.05, 0) is 62.4 Å². The lowest BCUT2D eigenvalue weighted by Gasteiger charge is -2.42. The van der Waals surface area contributed by atoms with Crippen molar-refractivity contribution in [3.63, 3.8) is 0 Å². The van der Waals surface area contributed by atoms with Crippen molar-refractivity contribution in [3.05, 3.63) is 89.1 Å². The van der Waals surface area contributed by atoms with Gasteiger partial charge >= 0.3 is 6.01 Å². The van der Waals surface area contributed by atoms with Crippen LogP contribution in [0.5, 0.6) is 6.01 Å². The van der Waals surface area contributed by atoms with Crippen molar-refractivity contribution in [1.29, 1.82) is 5.26 Å². The average Bonchev–Trinajstić information content (AvgIpc) is 3.78. The number of amides is 1. The Labute approximate surface area is 294 Å². The summed E-state index contributed by atoms with van der Waals surface area (Å²) < 4.78 is 6.39. The number of carbonyl (C=O) groups is 1. The van der Waals surface area contributed by atoms with Gasteiger partial charge in [-0.15, -0.1) is 0 Å². The molecular weight excluding hydrogens is 624 g/mol. The standard InChI is InChI=1S/C40H46N8O2/c1-28-9-6-12-30-13-7-15-35(37(28)30)45-20-17-33-34(25-45)42-40(50-27-32-14-8-19-44(32)2)43-38(33)46-21-22-48(31(24-46)16-18-41)39(49)36-26-47(36)23-29-10-4-3-5-11-29/h3-7,9-13,15,31-32,36H,8,14,16-17,19-27H2,1-2H3/t31-,32-,36?,47?/m0/s1. The Kier molecular flexibility index (Phi) is 9.02. The van der Waals surface area contributed by atoms with E-state index in [1.54, 1.807) is 0 Å². The minimum Gasteiger partial charge on any atom is -0.462 e. The van der Waals surface area contributed by atoms with Crippen LogP contribution >= 0.6 is 0 Å². The van der Waals surface area contributed by atoms with E-state index in [0.717, 1.165) is 56.1 Å². The molecule has 2 unspecified atom stereocenters. The molecule has 5 heterocycles. The van der Waals surface area contributed by atoms with Crippen molar-refractivity contribution < 1.29 is 9.53 Å². The lowest BCUT2D eigenvalue weighted by Crippen LogP contribution is -2.57. The van der Waals surface area contributed by atoms with Crippen LogP contribution in [-0.4, -0.2) is 102 Å². The van der Waals surface area contributed by atoms with Crippen LogP contribution < -0.4 is 14.5 Å². The third-order valence-electron chi connectivity index (χ3n) is 11.2. The maximum atomic E-state index is 13.8. The van der Waals surface area contributed by atoms with E-state index in [1.165, 1.54) is 34.0 Å². The molecule has 10 heteroatoms. The molecule has 4 aliphatic heterocycles. The first-order valence-electron chi connectivity index (χ1n) is 18.1. The van der Waals surface area contributed by atoms with E-state index in [0.29, 0.717) is 44.8 Å². The highest BCUT2D eigenvalue weighted by Crippen LogP contribution is 2.36. The predicted molar refractivity (Wildman–Crippen MR) is 195 cm³/mol. The number of nitrogens with zero attached hydrogens (tertiary/aromatic N) is 8. The SMILES string of the molecule is Cc1cccc2cccc(N3CCc4c(nc(OC[C@@H]5CCCN5C)nc4N4CCN(C(=O)C5CN5Cc5ccccc5)[C@@H](CC#N)C4)C3)c12. The van der Waals surface area contributed by atoms with Gasteiger partial charge in [0.2, 0.25) is 5.91 Å². The number of likely N-dealkylation sites (tertiary alicyclic amines) is 1. The molecule has 4 aliphatic rings. The minimum atomic E-state index is -0.207. The summed E-state index contributed by atoms with van der Waals surface area (Å²) in [6.45, 7) is 8.63. The summed E-state index contributed by atoms with van der Waals surface area (Å²) in [5, 5.41) is 12.4. The first-order chi connectivity index (χ1) is 24.5. The number of aryl methyl sites for hydroxylation is 1. The number of likely N-dealkylation sites (N-methyl/N-ethyl adjacent to an activating group) is 1. The highest BCUT2D eigenvalue weighted by molar-refractivity contribution is 5.97. The van der Waals surface area contributed by atoms with Gasteiger partial charge < -0.3 is 24.3 Å². The molecule has 0 N–H and O–H groups in total. The second-order valence-electron chi connectivity index (χ2n) is 14.4. The molecule has 0 spiro atoms. The second-order valence-corrected chi connectivity index (χ2v) is 14.4. The largest absolute Gasteiger partial charge is 0.462 e. The number of piperazine rings is 1. The van der Waals surface area contributed by atoms with Crippen LogP contribution in [0.2, 0.25) is 0 Å². The van der Waals surface area contributed by atoms with E-state index in [9.17, 15) is 10.1 Å². The number of nitriles is 1. The summed E-state index contributed by atoms with van der Waals surface area (Å²) in [6, 6.07) is 26.1. The first kappa shape index (κ1) is 32.5. The van der Waals surface area contributed by atoms with E-state index < -0.39 is 0 Å². The number of aromatic nitrogens is 2. The van der Waals surface area contributed by atoms with Crippen LogP contribution in [0, 0.1) is 18.3 Å². The van der Waals surface area contributed by atoms with Crippen molar-refractivity contribution in [2.45, 2.75) is 63.8 Å². The number of fused-ring (bicyclic) bond motifs is 2. The fourth-order valence-corrected chi connectivity index (χ4v) is 8.26. The summed E-state index contributed by atoms with van der Waals surface area (Å²) in [5.74, 6) is 1.03. The molecule has 0 radical (unpaired) electrons. The summed E-state index contributed by atoms with van der Waals surface area (Å²) in [6.07, 6.45) is 3.37. The number of anilines is 2. The van der Waals surface area contributed by atoms with Crippen LogP contribution in [0.25, 0.3) is 10.8 Å². The molecule has 1 amide bonds. The Balaban J connectivity index is 1.05. The van der Waals surface area contributed by atoms with Crippen LogP contribution in [0.3, 0.4) is 0 Å². The number of rotatable bonds is 9. The van der Waals surface area contributed by atoms with Crippen LogP contribution in [0.15, 0.2) is 66.7 Å². The normalized spacial score (nSPS) is 23.5.